The van der Waals surface area contributed by atoms with Crippen molar-refractivity contribution < 1.29 is 47.9 Å². The average Bonchev–Trinajstić information content (AvgIpc) is 3.76. The first-order valence-electron chi connectivity index (χ1n) is 24.4. The number of amides is 10. The number of primary amides is 2. The number of hydrogen-bond acceptors (Lipinski definition) is 12. The fourth-order valence-electron chi connectivity index (χ4n) is 8.13. The third kappa shape index (κ3) is 20.3. The van der Waals surface area contributed by atoms with Crippen molar-refractivity contribution in [2.24, 2.45) is 22.9 Å². The van der Waals surface area contributed by atoms with Crippen LogP contribution >= 0.6 is 0 Å². The number of para-hydroxylation sites is 1. The summed E-state index contributed by atoms with van der Waals surface area (Å²) in [6.07, 6.45) is 0.0309. The van der Waals surface area contributed by atoms with Gasteiger partial charge in [-0.3, -0.25) is 58.8 Å². The smallest absolute Gasteiger partial charge is 0.243 e. The number of carbonyl (C=O) groups is 10. The molecule has 4 rings (SSSR count). The molecule has 27 nitrogen and oxygen atoms in total. The monoisotopic (exact) mass is 1040 g/mol. The Morgan fingerprint density at radius 2 is 1.28 bits per heavy atom. The maximum Gasteiger partial charge on any atom is 0.243 e. The molecule has 0 radical (unpaired) electrons. The van der Waals surface area contributed by atoms with Crippen LogP contribution in [0.5, 0.6) is 0 Å². The Hall–Kier alpha value is -8.78. The van der Waals surface area contributed by atoms with Gasteiger partial charge in [-0.05, 0) is 62.1 Å². The van der Waals surface area contributed by atoms with Gasteiger partial charge < -0.3 is 81.1 Å². The van der Waals surface area contributed by atoms with Gasteiger partial charge >= 0.3 is 0 Å². The molecule has 1 aliphatic rings. The Morgan fingerprint density at radius 3 is 1.93 bits per heavy atom. The Balaban J connectivity index is 1.77. The molecule has 1 fully saturated rings. The van der Waals surface area contributed by atoms with Crippen LogP contribution in [0.4, 0.5) is 0 Å². The first-order valence-corrected chi connectivity index (χ1v) is 24.4. The summed E-state index contributed by atoms with van der Waals surface area (Å²) in [7, 11) is 0. The van der Waals surface area contributed by atoms with Crippen molar-refractivity contribution in [1.29, 1.82) is 10.8 Å². The summed E-state index contributed by atoms with van der Waals surface area (Å²) >= 11 is 0. The van der Waals surface area contributed by atoms with E-state index in [2.05, 4.69) is 58.2 Å². The molecule has 10 amide bonds. The lowest BCUT2D eigenvalue weighted by molar-refractivity contribution is -0.136. The maximum absolute atomic E-state index is 14.5. The molecule has 1 unspecified atom stereocenters. The number of rotatable bonds is 18. The van der Waals surface area contributed by atoms with Gasteiger partial charge in [0.2, 0.25) is 59.1 Å². The predicted octanol–water partition coefficient (Wildman–Crippen LogP) is -4.06. The second kappa shape index (κ2) is 29.7. The van der Waals surface area contributed by atoms with Crippen LogP contribution in [0.2, 0.25) is 0 Å². The number of aromatic nitrogens is 1. The van der Waals surface area contributed by atoms with Crippen LogP contribution in [0.15, 0.2) is 60.8 Å². The molecule has 406 valence electrons. The van der Waals surface area contributed by atoms with Gasteiger partial charge in [-0.25, -0.2) is 0 Å². The highest BCUT2D eigenvalue weighted by molar-refractivity contribution is 5.99. The zero-order valence-electron chi connectivity index (χ0n) is 41.6. The van der Waals surface area contributed by atoms with Crippen molar-refractivity contribution in [3.05, 3.63) is 71.9 Å². The number of hydrogen-bond donors (Lipinski definition) is 17. The molecule has 7 atom stereocenters. The Bertz CT molecular complexity index is 2540. The zero-order valence-corrected chi connectivity index (χ0v) is 41.6. The SMILES string of the molecule is CC(=O)N[C@@H](CCCNC(=N)N)C(=O)N[C@H]1CCC(=O)NCCC[C@@H](C(N)=O)NC(=O)[C@H](Cc2c[nH]c3ccccc23)NC(=O)[C@H](CCCNC(=N)N)NC(=O)[C@@H](Cc2ccccc2)NC(=O)C(CC(N)=O)NC1=O. The van der Waals surface area contributed by atoms with Crippen molar-refractivity contribution in [2.45, 2.75) is 120 Å². The lowest BCUT2D eigenvalue weighted by Crippen LogP contribution is -2.61. The molecule has 0 aliphatic carbocycles. The molecule has 2 heterocycles. The number of carbonyl (C=O) groups excluding carboxylic acids is 10. The summed E-state index contributed by atoms with van der Waals surface area (Å²) in [6, 6.07) is 5.41. The number of guanidine groups is 2. The van der Waals surface area contributed by atoms with Gasteiger partial charge in [0.15, 0.2) is 11.9 Å². The first kappa shape index (κ1) is 58.8. The summed E-state index contributed by atoms with van der Waals surface area (Å²) in [5.41, 5.74) is 24.1. The summed E-state index contributed by atoms with van der Waals surface area (Å²) in [6.45, 7) is 1.35. The predicted molar refractivity (Wildman–Crippen MR) is 274 cm³/mol. The number of fused-ring (bicyclic) bond motifs is 1. The third-order valence-electron chi connectivity index (χ3n) is 11.9. The Morgan fingerprint density at radius 1 is 0.693 bits per heavy atom. The van der Waals surface area contributed by atoms with Crippen LogP contribution in [-0.4, -0.2) is 138 Å². The van der Waals surface area contributed by atoms with E-state index < -0.39 is 121 Å². The number of nitrogens with one attached hydrogen (secondary N) is 13. The van der Waals surface area contributed by atoms with Gasteiger partial charge in [-0.1, -0.05) is 48.5 Å². The van der Waals surface area contributed by atoms with Crippen LogP contribution in [-0.2, 0) is 60.8 Å². The highest BCUT2D eigenvalue weighted by atomic mass is 16.2. The number of H-pyrrole nitrogens is 1. The largest absolute Gasteiger partial charge is 0.370 e. The maximum atomic E-state index is 14.5. The summed E-state index contributed by atoms with van der Waals surface area (Å²) in [4.78, 5) is 139. The van der Waals surface area contributed by atoms with E-state index in [0.717, 1.165) is 10.9 Å². The quantitative estimate of drug-likeness (QED) is 0.0328. The third-order valence-corrected chi connectivity index (χ3v) is 11.9. The minimum absolute atomic E-state index is 0.00735. The molecule has 21 N–H and O–H groups in total. The van der Waals surface area contributed by atoms with Crippen molar-refractivity contribution in [2.75, 3.05) is 19.6 Å². The van der Waals surface area contributed by atoms with E-state index in [1.807, 2.05) is 18.2 Å². The minimum Gasteiger partial charge on any atom is -0.370 e. The minimum atomic E-state index is -1.78. The molecule has 1 aliphatic heterocycles. The molecule has 1 aromatic heterocycles. The van der Waals surface area contributed by atoms with Crippen LogP contribution in [0.3, 0.4) is 0 Å². The van der Waals surface area contributed by atoms with E-state index in [1.165, 1.54) is 6.92 Å². The van der Waals surface area contributed by atoms with Gasteiger partial charge in [-0.15, -0.1) is 0 Å². The summed E-state index contributed by atoms with van der Waals surface area (Å²) in [5, 5.41) is 41.6. The van der Waals surface area contributed by atoms with Crippen LogP contribution < -0.4 is 76.1 Å². The highest BCUT2D eigenvalue weighted by Crippen LogP contribution is 2.20. The van der Waals surface area contributed by atoms with E-state index in [0.29, 0.717) is 11.1 Å². The van der Waals surface area contributed by atoms with Gasteiger partial charge in [-0.2, -0.15) is 0 Å². The van der Waals surface area contributed by atoms with Gasteiger partial charge in [0.25, 0.3) is 0 Å². The highest BCUT2D eigenvalue weighted by Gasteiger charge is 2.35. The summed E-state index contributed by atoms with van der Waals surface area (Å²) in [5.74, 6) is -9.45. The number of nitrogens with two attached hydrogens (primary N) is 4. The standard InChI is InChI=1S/C48H69N17O10/c1-26(66)59-32(15-8-20-56-47(51)52)41(70)62-34-17-18-39(68)55-19-7-14-31(40(50)69)60-45(74)36(23-28-25-58-30-13-6-5-12-29(28)30)64-42(71)33(16-9-21-57-48(53)54)61-44(73)35(22-27-10-3-2-4-11-27)63-46(75)37(24-38(49)67)65-43(34)72/h2-6,10-13,25,31-37,58H,7-9,14-24H2,1H3,(H2,49,67)(H2,50,69)(H,55,68)(H,59,66)(H,60,74)(H,61,73)(H,62,70)(H,63,75)(H,64,71)(H,65,72)(H4,51,52,56)(H4,53,54,57)/t31-,32-,33-,34-,35+,36-,37?/m0/s1. The van der Waals surface area contributed by atoms with Crippen LogP contribution in [0.25, 0.3) is 10.9 Å². The molecule has 0 spiro atoms. The molecular weight excluding hydrogens is 975 g/mol. The Labute approximate surface area is 432 Å². The molecule has 27 heteroatoms. The molecular formula is C48H69N17O10. The van der Waals surface area contributed by atoms with Crippen molar-refractivity contribution in [1.82, 2.24) is 58.2 Å². The summed E-state index contributed by atoms with van der Waals surface area (Å²) < 4.78 is 0. The number of aromatic amines is 1. The van der Waals surface area contributed by atoms with E-state index in [9.17, 15) is 47.9 Å². The molecule has 75 heavy (non-hydrogen) atoms. The fourth-order valence-corrected chi connectivity index (χ4v) is 8.13. The fraction of sp³-hybridized carbons (Fsp3) is 0.458. The second-order valence-electron chi connectivity index (χ2n) is 17.9. The van der Waals surface area contributed by atoms with E-state index in [1.54, 1.807) is 42.6 Å². The van der Waals surface area contributed by atoms with Gasteiger partial charge in [0.1, 0.15) is 42.3 Å². The van der Waals surface area contributed by atoms with Crippen LogP contribution in [0.1, 0.15) is 75.8 Å². The molecule has 0 bridgehead atoms. The van der Waals surface area contributed by atoms with E-state index in [-0.39, 0.29) is 82.9 Å². The molecule has 0 saturated carbocycles. The lowest BCUT2D eigenvalue weighted by atomic mass is 10.0. The van der Waals surface area contributed by atoms with Crippen LogP contribution in [0, 0.1) is 10.8 Å². The first-order chi connectivity index (χ1) is 35.7. The van der Waals surface area contributed by atoms with E-state index >= 15 is 0 Å². The number of benzene rings is 2. The average molecular weight is 1040 g/mol. The normalized spacial score (nSPS) is 21.0. The molecule has 1 saturated heterocycles. The van der Waals surface area contributed by atoms with Gasteiger partial charge in [0.05, 0.1) is 6.42 Å². The van der Waals surface area contributed by atoms with Crippen molar-refractivity contribution >= 4 is 81.9 Å². The molecule has 2 aromatic carbocycles. The zero-order chi connectivity index (χ0) is 55.0. The van der Waals surface area contributed by atoms with Crippen molar-refractivity contribution in [3.63, 3.8) is 0 Å². The van der Waals surface area contributed by atoms with Gasteiger partial charge in [0, 0.05) is 62.9 Å². The topological polar surface area (TPSA) is 459 Å². The lowest BCUT2D eigenvalue weighted by Gasteiger charge is -2.28. The second-order valence-corrected chi connectivity index (χ2v) is 17.9. The molecule has 3 aromatic rings. The van der Waals surface area contributed by atoms with Crippen molar-refractivity contribution in [3.8, 4) is 0 Å². The van der Waals surface area contributed by atoms with E-state index in [4.69, 9.17) is 33.8 Å². The Kier molecular flexibility index (Phi) is 23.3.